The highest BCUT2D eigenvalue weighted by molar-refractivity contribution is 14.1. The lowest BCUT2D eigenvalue weighted by Crippen LogP contribution is -1.74. The van der Waals surface area contributed by atoms with Gasteiger partial charge in [0.05, 0.1) is 0 Å². The maximum atomic E-state index is 4.38. The van der Waals surface area contributed by atoms with Gasteiger partial charge >= 0.3 is 0 Å². The molecule has 0 aliphatic rings. The van der Waals surface area contributed by atoms with Crippen molar-refractivity contribution < 1.29 is 0 Å². The summed E-state index contributed by atoms with van der Waals surface area (Å²) in [7, 11) is 0. The summed E-state index contributed by atoms with van der Waals surface area (Å²) >= 11 is 10.4. The fourth-order valence-electron chi connectivity index (χ4n) is 1.22. The molecule has 1 aromatic carbocycles. The Morgan fingerprint density at radius 1 is 1.46 bits per heavy atom. The van der Waals surface area contributed by atoms with Crippen molar-refractivity contribution in [2.45, 2.75) is 9.79 Å². The molecule has 0 spiro atoms. The smallest absolute Gasteiger partial charge is 0.0488 e. The van der Waals surface area contributed by atoms with E-state index in [1.54, 1.807) is 11.8 Å². The third-order valence-corrected chi connectivity index (χ3v) is 5.23. The normalized spacial score (nSPS) is 11.0. The second-order valence-corrected chi connectivity index (χ2v) is 6.01. The van der Waals surface area contributed by atoms with Crippen LogP contribution >= 0.6 is 58.3 Å². The average Bonchev–Trinajstić information content (AvgIpc) is 2.47. The van der Waals surface area contributed by atoms with Crippen LogP contribution < -0.4 is 0 Å². The molecule has 2 aromatic rings. The van der Waals surface area contributed by atoms with Crippen molar-refractivity contribution in [2.24, 2.45) is 0 Å². The van der Waals surface area contributed by atoms with Crippen LogP contribution in [0.4, 0.5) is 0 Å². The molecule has 0 amide bonds. The van der Waals surface area contributed by atoms with E-state index < -0.39 is 0 Å². The van der Waals surface area contributed by atoms with Gasteiger partial charge in [-0.15, -0.1) is 35.7 Å². The van der Waals surface area contributed by atoms with Crippen LogP contribution in [-0.4, -0.2) is 6.26 Å². The topological polar surface area (TPSA) is 0 Å². The molecular formula is C9H7IS3. The number of thiol groups is 1. The van der Waals surface area contributed by atoms with Gasteiger partial charge in [-0.1, -0.05) is 0 Å². The van der Waals surface area contributed by atoms with Crippen molar-refractivity contribution in [3.63, 3.8) is 0 Å². The zero-order valence-electron chi connectivity index (χ0n) is 6.87. The minimum absolute atomic E-state index is 1.05. The first-order valence-corrected chi connectivity index (χ1v) is 7.29. The zero-order chi connectivity index (χ0) is 9.42. The first kappa shape index (κ1) is 10.1. The van der Waals surface area contributed by atoms with Crippen molar-refractivity contribution >= 4 is 68.4 Å². The van der Waals surface area contributed by atoms with Crippen LogP contribution in [0.5, 0.6) is 0 Å². The molecule has 0 radical (unpaired) electrons. The van der Waals surface area contributed by atoms with Crippen molar-refractivity contribution in [2.75, 3.05) is 6.26 Å². The van der Waals surface area contributed by atoms with E-state index in [4.69, 9.17) is 0 Å². The molecule has 1 heterocycles. The highest BCUT2D eigenvalue weighted by Gasteiger charge is 2.06. The van der Waals surface area contributed by atoms with Gasteiger partial charge < -0.3 is 0 Å². The Morgan fingerprint density at radius 3 is 2.92 bits per heavy atom. The van der Waals surface area contributed by atoms with Gasteiger partial charge in [-0.3, -0.25) is 0 Å². The third-order valence-electron chi connectivity index (χ3n) is 1.80. The van der Waals surface area contributed by atoms with E-state index >= 15 is 0 Å². The molecule has 2 rings (SSSR count). The summed E-state index contributed by atoms with van der Waals surface area (Å²) in [5, 5.41) is 3.56. The Balaban J connectivity index is 2.82. The summed E-state index contributed by atoms with van der Waals surface area (Å²) in [4.78, 5) is 2.40. The first-order valence-electron chi connectivity index (χ1n) is 3.66. The fourth-order valence-corrected chi connectivity index (χ4v) is 4.52. The number of fused-ring (bicyclic) bond motifs is 1. The molecular weight excluding hydrogens is 331 g/mol. The molecule has 0 fully saturated rings. The van der Waals surface area contributed by atoms with E-state index in [2.05, 4.69) is 59.0 Å². The van der Waals surface area contributed by atoms with Gasteiger partial charge in [-0.25, -0.2) is 0 Å². The molecule has 0 saturated heterocycles. The summed E-state index contributed by atoms with van der Waals surface area (Å²) in [6, 6.07) is 4.25. The number of thioether (sulfide) groups is 1. The predicted molar refractivity (Wildman–Crippen MR) is 73.6 cm³/mol. The molecule has 68 valence electrons. The van der Waals surface area contributed by atoms with Crippen molar-refractivity contribution in [3.8, 4) is 0 Å². The largest absolute Gasteiger partial charge is 0.143 e. The Kier molecular flexibility index (Phi) is 3.12. The van der Waals surface area contributed by atoms with Crippen molar-refractivity contribution in [1.29, 1.82) is 0 Å². The van der Waals surface area contributed by atoms with E-state index in [9.17, 15) is 0 Å². The number of rotatable bonds is 1. The van der Waals surface area contributed by atoms with Crippen LogP contribution in [-0.2, 0) is 0 Å². The molecule has 0 unspecified atom stereocenters. The van der Waals surface area contributed by atoms with Crippen LogP contribution in [0, 0.1) is 3.57 Å². The molecule has 0 saturated carbocycles. The van der Waals surface area contributed by atoms with E-state index in [1.165, 1.54) is 18.6 Å². The molecule has 13 heavy (non-hydrogen) atoms. The zero-order valence-corrected chi connectivity index (χ0v) is 11.6. The van der Waals surface area contributed by atoms with E-state index in [1.807, 2.05) is 11.3 Å². The van der Waals surface area contributed by atoms with Crippen LogP contribution in [0.2, 0.25) is 0 Å². The lowest BCUT2D eigenvalue weighted by molar-refractivity contribution is 1.49. The van der Waals surface area contributed by atoms with Crippen LogP contribution in [0.3, 0.4) is 0 Å². The molecule has 1 aromatic heterocycles. The minimum Gasteiger partial charge on any atom is -0.143 e. The van der Waals surface area contributed by atoms with Gasteiger partial charge in [0, 0.05) is 28.8 Å². The fraction of sp³-hybridized carbons (Fsp3) is 0.111. The molecule has 0 nitrogen and oxygen atoms in total. The van der Waals surface area contributed by atoms with Crippen LogP contribution in [0.15, 0.2) is 27.3 Å². The SMILES string of the molecule is CSc1csc2c(I)cc(S)cc12. The van der Waals surface area contributed by atoms with Gasteiger partial charge in [0.15, 0.2) is 0 Å². The van der Waals surface area contributed by atoms with E-state index in [-0.39, 0.29) is 0 Å². The molecule has 0 bridgehead atoms. The summed E-state index contributed by atoms with van der Waals surface area (Å²) in [6.45, 7) is 0. The highest BCUT2D eigenvalue weighted by Crippen LogP contribution is 2.36. The molecule has 4 heteroatoms. The van der Waals surface area contributed by atoms with Crippen molar-refractivity contribution in [3.05, 3.63) is 21.1 Å². The predicted octanol–water partition coefficient (Wildman–Crippen LogP) is 4.52. The lowest BCUT2D eigenvalue weighted by atomic mass is 10.3. The summed E-state index contributed by atoms with van der Waals surface area (Å²) in [6.07, 6.45) is 2.11. The van der Waals surface area contributed by atoms with Gasteiger partial charge in [-0.05, 0) is 41.0 Å². The van der Waals surface area contributed by atoms with Gasteiger partial charge in [0.2, 0.25) is 0 Å². The van der Waals surface area contributed by atoms with E-state index in [0.717, 1.165) is 4.90 Å². The summed E-state index contributed by atoms with van der Waals surface area (Å²) in [5.74, 6) is 0. The number of hydrogen-bond acceptors (Lipinski definition) is 3. The first-order chi connectivity index (χ1) is 6.22. The number of halogens is 1. The quantitative estimate of drug-likeness (QED) is 0.453. The molecule has 0 aliphatic heterocycles. The van der Waals surface area contributed by atoms with Gasteiger partial charge in [0.25, 0.3) is 0 Å². The average molecular weight is 338 g/mol. The second-order valence-electron chi connectivity index (χ2n) is 2.61. The molecule has 0 atom stereocenters. The number of thiophene rings is 1. The van der Waals surface area contributed by atoms with Crippen LogP contribution in [0.1, 0.15) is 0 Å². The summed E-state index contributed by atoms with van der Waals surface area (Å²) < 4.78 is 2.67. The standard InChI is InChI=1S/C9H7IS3/c1-12-8-4-13-9-6(8)2-5(11)3-7(9)10/h2-4,11H,1H3. The number of benzene rings is 1. The monoisotopic (exact) mass is 338 g/mol. The Labute approximate surface area is 105 Å². The van der Waals surface area contributed by atoms with Gasteiger partial charge in [-0.2, -0.15) is 0 Å². The van der Waals surface area contributed by atoms with Gasteiger partial charge in [0.1, 0.15) is 0 Å². The summed E-state index contributed by atoms with van der Waals surface area (Å²) in [5.41, 5.74) is 0. The Morgan fingerprint density at radius 2 is 2.23 bits per heavy atom. The third kappa shape index (κ3) is 1.86. The number of hydrogen-bond donors (Lipinski definition) is 1. The Hall–Kier alpha value is 0.610. The second kappa shape index (κ2) is 4.00. The molecule has 0 N–H and O–H groups in total. The maximum absolute atomic E-state index is 4.38. The lowest BCUT2D eigenvalue weighted by Gasteiger charge is -1.98. The molecule has 0 aliphatic carbocycles. The van der Waals surface area contributed by atoms with Crippen molar-refractivity contribution in [1.82, 2.24) is 0 Å². The maximum Gasteiger partial charge on any atom is 0.0488 e. The van der Waals surface area contributed by atoms with Crippen LogP contribution in [0.25, 0.3) is 10.1 Å². The Bertz CT molecular complexity index is 447. The highest BCUT2D eigenvalue weighted by atomic mass is 127. The minimum atomic E-state index is 1.05. The van der Waals surface area contributed by atoms with E-state index in [0.29, 0.717) is 0 Å².